The molecule has 0 saturated heterocycles. The molecule has 2 N–H and O–H groups in total. The molecular formula is C20H17Cl2N5O5. The van der Waals surface area contributed by atoms with Crippen LogP contribution in [0.5, 0.6) is 5.75 Å². The number of nitrogens with zero attached hydrogens (tertiary/aromatic N) is 3. The fourth-order valence-electron chi connectivity index (χ4n) is 2.70. The lowest BCUT2D eigenvalue weighted by Gasteiger charge is -2.10. The van der Waals surface area contributed by atoms with Crippen molar-refractivity contribution in [3.8, 4) is 11.4 Å². The van der Waals surface area contributed by atoms with Gasteiger partial charge >= 0.3 is 0 Å². The molecule has 0 aliphatic rings. The Balaban J connectivity index is 1.49. The first kappa shape index (κ1) is 23.0. The Morgan fingerprint density at radius 3 is 2.66 bits per heavy atom. The van der Waals surface area contributed by atoms with Crippen LogP contribution in [0.25, 0.3) is 5.69 Å². The van der Waals surface area contributed by atoms with Gasteiger partial charge in [0.2, 0.25) is 5.91 Å². The van der Waals surface area contributed by atoms with Crippen LogP contribution in [0.2, 0.25) is 10.0 Å². The number of ether oxygens (including phenoxy) is 1. The number of carbonyl (C=O) groups is 2. The van der Waals surface area contributed by atoms with Crippen molar-refractivity contribution in [2.24, 2.45) is 0 Å². The third-order valence-electron chi connectivity index (χ3n) is 4.23. The summed E-state index contributed by atoms with van der Waals surface area (Å²) in [5, 5.41) is 12.2. The van der Waals surface area contributed by atoms with Gasteiger partial charge in [0, 0.05) is 35.5 Å². The van der Waals surface area contributed by atoms with Crippen LogP contribution >= 0.6 is 23.2 Å². The van der Waals surface area contributed by atoms with E-state index in [0.29, 0.717) is 22.2 Å². The molecule has 0 radical (unpaired) electrons. The number of amides is 2. The standard InChI is InChI=1S/C20H17Cl2N5O5/c21-14-4-6-18(15(22)11-14)32-9-1-2-19(28)24-25-20(29)13-3-5-16(17(10-13)27(30)31)26-8-7-23-12-26/h3-8,10-12H,1-2,9H2,(H,24,28)(H,25,29). The van der Waals surface area contributed by atoms with Gasteiger partial charge in [-0.15, -0.1) is 0 Å². The average molecular weight is 478 g/mol. The number of halogens is 2. The largest absolute Gasteiger partial charge is 0.492 e. The van der Waals surface area contributed by atoms with Crippen molar-refractivity contribution >= 4 is 40.7 Å². The van der Waals surface area contributed by atoms with Gasteiger partial charge in [0.1, 0.15) is 11.4 Å². The van der Waals surface area contributed by atoms with Crippen LogP contribution in [-0.2, 0) is 4.79 Å². The van der Waals surface area contributed by atoms with Crippen LogP contribution in [0.15, 0.2) is 55.1 Å². The number of hydrogen-bond donors (Lipinski definition) is 2. The van der Waals surface area contributed by atoms with E-state index in [1.54, 1.807) is 24.4 Å². The Labute approximate surface area is 192 Å². The van der Waals surface area contributed by atoms with Gasteiger partial charge in [-0.2, -0.15) is 0 Å². The van der Waals surface area contributed by atoms with Gasteiger partial charge in [-0.3, -0.25) is 30.6 Å². The van der Waals surface area contributed by atoms with Crippen molar-refractivity contribution in [2.45, 2.75) is 12.8 Å². The average Bonchev–Trinajstić information content (AvgIpc) is 3.30. The number of hydrogen-bond acceptors (Lipinski definition) is 6. The van der Waals surface area contributed by atoms with Crippen molar-refractivity contribution in [3.05, 3.63) is 80.8 Å². The lowest BCUT2D eigenvalue weighted by Crippen LogP contribution is -2.41. The molecule has 2 amide bonds. The van der Waals surface area contributed by atoms with Crippen molar-refractivity contribution in [1.82, 2.24) is 20.4 Å². The number of nitrogens with one attached hydrogen (secondary N) is 2. The van der Waals surface area contributed by atoms with Gasteiger partial charge in [0.25, 0.3) is 11.6 Å². The molecule has 3 rings (SSSR count). The van der Waals surface area contributed by atoms with Gasteiger partial charge in [-0.05, 0) is 36.8 Å². The molecular weight excluding hydrogens is 461 g/mol. The zero-order chi connectivity index (χ0) is 23.1. The van der Waals surface area contributed by atoms with E-state index >= 15 is 0 Å². The predicted octanol–water partition coefficient (Wildman–Crippen LogP) is 3.71. The molecule has 0 spiro atoms. The summed E-state index contributed by atoms with van der Waals surface area (Å²) < 4.78 is 6.95. The molecule has 0 atom stereocenters. The molecule has 1 heterocycles. The molecule has 12 heteroatoms. The van der Waals surface area contributed by atoms with Crippen molar-refractivity contribution < 1.29 is 19.2 Å². The minimum absolute atomic E-state index is 0.0154. The Hall–Kier alpha value is -3.63. The smallest absolute Gasteiger partial charge is 0.294 e. The maximum atomic E-state index is 12.3. The van der Waals surface area contributed by atoms with Crippen LogP contribution in [0.1, 0.15) is 23.2 Å². The maximum absolute atomic E-state index is 12.3. The van der Waals surface area contributed by atoms with Crippen LogP contribution < -0.4 is 15.6 Å². The number of nitro groups is 1. The van der Waals surface area contributed by atoms with E-state index in [1.807, 2.05) is 0 Å². The fourth-order valence-corrected chi connectivity index (χ4v) is 3.16. The third-order valence-corrected chi connectivity index (χ3v) is 4.76. The molecule has 32 heavy (non-hydrogen) atoms. The van der Waals surface area contributed by atoms with Crippen molar-refractivity contribution in [2.75, 3.05) is 6.61 Å². The van der Waals surface area contributed by atoms with Crippen LogP contribution in [0.4, 0.5) is 5.69 Å². The summed E-state index contributed by atoms with van der Waals surface area (Å²) in [7, 11) is 0. The molecule has 0 aliphatic heterocycles. The zero-order valence-electron chi connectivity index (χ0n) is 16.5. The lowest BCUT2D eigenvalue weighted by molar-refractivity contribution is -0.384. The summed E-state index contributed by atoms with van der Waals surface area (Å²) >= 11 is 11.8. The number of imidazole rings is 1. The molecule has 10 nitrogen and oxygen atoms in total. The van der Waals surface area contributed by atoms with E-state index in [1.165, 1.54) is 29.2 Å². The summed E-state index contributed by atoms with van der Waals surface area (Å²) in [5.74, 6) is -0.693. The number of rotatable bonds is 8. The second-order valence-corrected chi connectivity index (χ2v) is 7.30. The minimum atomic E-state index is -0.692. The SMILES string of the molecule is O=C(CCCOc1ccc(Cl)cc1Cl)NNC(=O)c1ccc(-n2ccnc2)c([N+](=O)[O-])c1. The molecule has 0 fully saturated rings. The van der Waals surface area contributed by atoms with Crippen LogP contribution in [0, 0.1) is 10.1 Å². The summed E-state index contributed by atoms with van der Waals surface area (Å²) in [6.07, 6.45) is 4.88. The van der Waals surface area contributed by atoms with E-state index in [2.05, 4.69) is 15.8 Å². The number of benzene rings is 2. The molecule has 0 saturated carbocycles. The quantitative estimate of drug-likeness (QED) is 0.289. The molecule has 0 aliphatic carbocycles. The fraction of sp³-hybridized carbons (Fsp3) is 0.150. The van der Waals surface area contributed by atoms with Gasteiger partial charge in [0.05, 0.1) is 22.9 Å². The maximum Gasteiger partial charge on any atom is 0.294 e. The molecule has 0 unspecified atom stereocenters. The van der Waals surface area contributed by atoms with Crippen molar-refractivity contribution in [1.29, 1.82) is 0 Å². The third kappa shape index (κ3) is 5.96. The first-order chi connectivity index (χ1) is 15.3. The van der Waals surface area contributed by atoms with Crippen LogP contribution in [0.3, 0.4) is 0 Å². The Morgan fingerprint density at radius 2 is 1.97 bits per heavy atom. The summed E-state index contributed by atoms with van der Waals surface area (Å²) in [6, 6.07) is 8.77. The highest BCUT2D eigenvalue weighted by Crippen LogP contribution is 2.27. The lowest BCUT2D eigenvalue weighted by atomic mass is 10.1. The van der Waals surface area contributed by atoms with E-state index in [0.717, 1.165) is 6.07 Å². The second-order valence-electron chi connectivity index (χ2n) is 6.46. The topological polar surface area (TPSA) is 128 Å². The molecule has 1 aromatic heterocycles. The van der Waals surface area contributed by atoms with Gasteiger partial charge in [-0.1, -0.05) is 23.2 Å². The van der Waals surface area contributed by atoms with Gasteiger partial charge in [-0.25, -0.2) is 4.98 Å². The van der Waals surface area contributed by atoms with Gasteiger partial charge in [0.15, 0.2) is 0 Å². The summed E-state index contributed by atoms with van der Waals surface area (Å²) in [6.45, 7) is 0.227. The Morgan fingerprint density at radius 1 is 1.16 bits per heavy atom. The molecule has 2 aromatic carbocycles. The highest BCUT2D eigenvalue weighted by atomic mass is 35.5. The molecule has 166 valence electrons. The van der Waals surface area contributed by atoms with Gasteiger partial charge < -0.3 is 9.30 Å². The minimum Gasteiger partial charge on any atom is -0.492 e. The van der Waals surface area contributed by atoms with E-state index < -0.39 is 16.7 Å². The number of carbonyl (C=O) groups excluding carboxylic acids is 2. The summed E-state index contributed by atoms with van der Waals surface area (Å²) in [5.41, 5.74) is 4.50. The normalized spacial score (nSPS) is 10.4. The molecule has 3 aromatic rings. The van der Waals surface area contributed by atoms with Crippen molar-refractivity contribution in [3.63, 3.8) is 0 Å². The Kier molecular flexibility index (Phi) is 7.63. The van der Waals surface area contributed by atoms with E-state index in [4.69, 9.17) is 27.9 Å². The first-order valence-electron chi connectivity index (χ1n) is 9.29. The number of nitro benzene ring substituents is 1. The summed E-state index contributed by atoms with van der Waals surface area (Å²) in [4.78, 5) is 38.9. The van der Waals surface area contributed by atoms with E-state index in [9.17, 15) is 19.7 Å². The number of hydrazine groups is 1. The number of aromatic nitrogens is 2. The highest BCUT2D eigenvalue weighted by molar-refractivity contribution is 6.35. The monoisotopic (exact) mass is 477 g/mol. The molecule has 0 bridgehead atoms. The van der Waals surface area contributed by atoms with E-state index in [-0.39, 0.29) is 30.0 Å². The second kappa shape index (κ2) is 10.6. The zero-order valence-corrected chi connectivity index (χ0v) is 18.0. The predicted molar refractivity (Wildman–Crippen MR) is 117 cm³/mol. The van der Waals surface area contributed by atoms with Crippen LogP contribution in [-0.4, -0.2) is 32.9 Å². The first-order valence-corrected chi connectivity index (χ1v) is 10.0. The Bertz CT molecular complexity index is 1140. The highest BCUT2D eigenvalue weighted by Gasteiger charge is 2.19.